The third-order valence-electron chi connectivity index (χ3n) is 6.29. The van der Waals surface area contributed by atoms with E-state index in [2.05, 4.69) is 5.32 Å². The van der Waals surface area contributed by atoms with Gasteiger partial charge in [-0.2, -0.15) is 4.31 Å². The fourth-order valence-electron chi connectivity index (χ4n) is 4.53. The van der Waals surface area contributed by atoms with Crippen molar-refractivity contribution in [2.75, 3.05) is 29.3 Å². The fraction of sp³-hybridized carbons (Fsp3) is 0.240. The van der Waals surface area contributed by atoms with Crippen molar-refractivity contribution < 1.29 is 21.6 Å². The lowest BCUT2D eigenvalue weighted by atomic mass is 10.0. The number of sulfonamides is 2. The van der Waals surface area contributed by atoms with Gasteiger partial charge in [-0.1, -0.05) is 29.8 Å². The molecular formula is C25H25N3O5S2. The number of nitrogens with one attached hydrogen (secondary N) is 1. The molecule has 1 N–H and O–H groups in total. The Hall–Kier alpha value is -3.21. The molecule has 0 unspecified atom stereocenters. The van der Waals surface area contributed by atoms with E-state index in [-0.39, 0.29) is 9.79 Å². The lowest BCUT2D eigenvalue weighted by molar-refractivity contribution is -0.114. The Bertz CT molecular complexity index is 1510. The zero-order valence-electron chi connectivity index (χ0n) is 19.1. The van der Waals surface area contributed by atoms with Gasteiger partial charge in [0.1, 0.15) is 6.54 Å². The van der Waals surface area contributed by atoms with Gasteiger partial charge in [0.25, 0.3) is 10.0 Å². The Kier molecular flexibility index (Phi) is 5.90. The number of benzene rings is 3. The van der Waals surface area contributed by atoms with E-state index in [1.54, 1.807) is 30.3 Å². The molecule has 0 atom stereocenters. The van der Waals surface area contributed by atoms with Crippen LogP contribution in [0.1, 0.15) is 18.4 Å². The van der Waals surface area contributed by atoms with E-state index in [4.69, 9.17) is 0 Å². The van der Waals surface area contributed by atoms with Crippen LogP contribution in [0.4, 0.5) is 11.4 Å². The highest BCUT2D eigenvalue weighted by Gasteiger charge is 2.36. The molecule has 5 rings (SSSR count). The minimum absolute atomic E-state index is 0.155. The van der Waals surface area contributed by atoms with Crippen molar-refractivity contribution in [3.05, 3.63) is 72.3 Å². The van der Waals surface area contributed by atoms with E-state index in [1.807, 2.05) is 19.1 Å². The predicted octanol–water partition coefficient (Wildman–Crippen LogP) is 3.59. The quantitative estimate of drug-likeness (QED) is 0.564. The number of carbonyl (C=O) groups is 1. The summed E-state index contributed by atoms with van der Waals surface area (Å²) < 4.78 is 54.8. The van der Waals surface area contributed by atoms with E-state index in [0.717, 1.165) is 28.3 Å². The van der Waals surface area contributed by atoms with Gasteiger partial charge < -0.3 is 5.32 Å². The standard InChI is InChI=1S/C25H25N3O5S2/c1-18-8-13-23-22(16-18)21-6-2-3-7-24(21)35(32,33)28(23)17-25(29)26-19-9-11-20(12-10-19)34(30,31)27-14-4-5-15-27/h2-3,6-13,16H,4-5,14-15,17H2,1H3,(H,26,29). The first-order valence-electron chi connectivity index (χ1n) is 11.3. The molecule has 2 aliphatic rings. The molecule has 2 aliphatic heterocycles. The Labute approximate surface area is 205 Å². The molecule has 1 amide bonds. The second kappa shape index (κ2) is 8.78. The van der Waals surface area contributed by atoms with Gasteiger partial charge in [0, 0.05) is 29.9 Å². The van der Waals surface area contributed by atoms with Gasteiger partial charge in [-0.05, 0) is 62.2 Å². The van der Waals surface area contributed by atoms with Crippen molar-refractivity contribution in [1.29, 1.82) is 0 Å². The van der Waals surface area contributed by atoms with Crippen molar-refractivity contribution in [3.63, 3.8) is 0 Å². The third-order valence-corrected chi connectivity index (χ3v) is 10.0. The maximum Gasteiger partial charge on any atom is 0.265 e. The average molecular weight is 512 g/mol. The average Bonchev–Trinajstić information content (AvgIpc) is 3.39. The molecule has 0 bridgehead atoms. The number of hydrogen-bond acceptors (Lipinski definition) is 5. The Morgan fingerprint density at radius 2 is 1.63 bits per heavy atom. The number of aryl methyl sites for hydroxylation is 1. The Balaban J connectivity index is 1.38. The zero-order chi connectivity index (χ0) is 24.8. The van der Waals surface area contributed by atoms with E-state index >= 15 is 0 Å². The first-order valence-corrected chi connectivity index (χ1v) is 14.2. The summed E-state index contributed by atoms with van der Waals surface area (Å²) >= 11 is 0. The van der Waals surface area contributed by atoms with E-state index in [9.17, 15) is 21.6 Å². The van der Waals surface area contributed by atoms with Crippen molar-refractivity contribution in [2.24, 2.45) is 0 Å². The monoisotopic (exact) mass is 511 g/mol. The summed E-state index contributed by atoms with van der Waals surface area (Å²) in [6.45, 7) is 2.53. The van der Waals surface area contributed by atoms with E-state index in [0.29, 0.717) is 30.0 Å². The number of carbonyl (C=O) groups excluding carboxylic acids is 1. The molecule has 2 heterocycles. The molecule has 0 radical (unpaired) electrons. The van der Waals surface area contributed by atoms with Gasteiger partial charge in [0.2, 0.25) is 15.9 Å². The summed E-state index contributed by atoms with van der Waals surface area (Å²) in [6.07, 6.45) is 1.69. The summed E-state index contributed by atoms with van der Waals surface area (Å²) in [7, 11) is -7.50. The molecular weight excluding hydrogens is 486 g/mol. The van der Waals surface area contributed by atoms with Crippen LogP contribution >= 0.6 is 0 Å². The number of amides is 1. The van der Waals surface area contributed by atoms with Gasteiger partial charge in [-0.15, -0.1) is 0 Å². The summed E-state index contributed by atoms with van der Waals surface area (Å²) in [5.74, 6) is -0.533. The highest BCUT2D eigenvalue weighted by Crippen LogP contribution is 2.43. The minimum atomic E-state index is -3.94. The second-order valence-corrected chi connectivity index (χ2v) is 12.5. The van der Waals surface area contributed by atoms with Crippen LogP contribution in [-0.4, -0.2) is 46.7 Å². The third kappa shape index (κ3) is 4.22. The highest BCUT2D eigenvalue weighted by atomic mass is 32.2. The zero-order valence-corrected chi connectivity index (χ0v) is 20.8. The van der Waals surface area contributed by atoms with Crippen LogP contribution in [0.25, 0.3) is 11.1 Å². The van der Waals surface area contributed by atoms with Gasteiger partial charge in [-0.3, -0.25) is 9.10 Å². The van der Waals surface area contributed by atoms with Crippen LogP contribution in [0.15, 0.2) is 76.5 Å². The molecule has 35 heavy (non-hydrogen) atoms. The van der Waals surface area contributed by atoms with Crippen LogP contribution in [0, 0.1) is 6.92 Å². The SMILES string of the molecule is Cc1ccc2c(c1)-c1ccccc1S(=O)(=O)N2CC(=O)Nc1ccc(S(=O)(=O)N2CCCC2)cc1. The maximum absolute atomic E-state index is 13.4. The topological polar surface area (TPSA) is 104 Å². The molecule has 0 spiro atoms. The molecule has 3 aromatic rings. The van der Waals surface area contributed by atoms with Crippen molar-refractivity contribution >= 4 is 37.3 Å². The lowest BCUT2D eigenvalue weighted by Crippen LogP contribution is -2.40. The predicted molar refractivity (Wildman–Crippen MR) is 134 cm³/mol. The van der Waals surface area contributed by atoms with E-state index in [1.165, 1.54) is 28.6 Å². The summed E-state index contributed by atoms with van der Waals surface area (Å²) in [5, 5.41) is 2.69. The van der Waals surface area contributed by atoms with E-state index < -0.39 is 32.5 Å². The molecule has 0 aromatic heterocycles. The molecule has 182 valence electrons. The van der Waals surface area contributed by atoms with Gasteiger partial charge in [-0.25, -0.2) is 16.8 Å². The largest absolute Gasteiger partial charge is 0.325 e. The van der Waals surface area contributed by atoms with Gasteiger partial charge in [0.15, 0.2) is 0 Å². The smallest absolute Gasteiger partial charge is 0.265 e. The van der Waals surface area contributed by atoms with Crippen LogP contribution in [0.2, 0.25) is 0 Å². The van der Waals surface area contributed by atoms with Crippen LogP contribution < -0.4 is 9.62 Å². The number of anilines is 2. The summed E-state index contributed by atoms with van der Waals surface area (Å²) in [6, 6.07) is 18.1. The van der Waals surface area contributed by atoms with Crippen LogP contribution in [0.3, 0.4) is 0 Å². The van der Waals surface area contributed by atoms with Crippen LogP contribution in [-0.2, 0) is 24.8 Å². The number of hydrogen-bond donors (Lipinski definition) is 1. The normalized spacial score (nSPS) is 17.0. The Morgan fingerprint density at radius 1 is 0.943 bits per heavy atom. The molecule has 1 fully saturated rings. The van der Waals surface area contributed by atoms with Crippen molar-refractivity contribution in [2.45, 2.75) is 29.6 Å². The minimum Gasteiger partial charge on any atom is -0.325 e. The second-order valence-electron chi connectivity index (χ2n) is 8.71. The van der Waals surface area contributed by atoms with Crippen molar-refractivity contribution in [1.82, 2.24) is 4.31 Å². The molecule has 1 saturated heterocycles. The first-order chi connectivity index (χ1) is 16.7. The molecule has 8 nitrogen and oxygen atoms in total. The summed E-state index contributed by atoms with van der Waals surface area (Å²) in [4.78, 5) is 13.2. The lowest BCUT2D eigenvalue weighted by Gasteiger charge is -2.31. The number of nitrogens with zero attached hydrogens (tertiary/aromatic N) is 2. The Morgan fingerprint density at radius 3 is 2.34 bits per heavy atom. The van der Waals surface area contributed by atoms with Crippen molar-refractivity contribution in [3.8, 4) is 11.1 Å². The number of rotatable bonds is 5. The molecule has 3 aromatic carbocycles. The van der Waals surface area contributed by atoms with Gasteiger partial charge in [0.05, 0.1) is 15.5 Å². The summed E-state index contributed by atoms with van der Waals surface area (Å²) in [5.41, 5.74) is 3.16. The molecule has 0 saturated carbocycles. The molecule has 10 heteroatoms. The van der Waals surface area contributed by atoms with Crippen LogP contribution in [0.5, 0.6) is 0 Å². The highest BCUT2D eigenvalue weighted by molar-refractivity contribution is 7.93. The maximum atomic E-state index is 13.4. The van der Waals surface area contributed by atoms with Gasteiger partial charge >= 0.3 is 0 Å². The first kappa shape index (κ1) is 23.5. The molecule has 0 aliphatic carbocycles. The fourth-order valence-corrected chi connectivity index (χ4v) is 7.70. The number of fused-ring (bicyclic) bond motifs is 3.